The molecule has 0 bridgehead atoms. The zero-order valence-electron chi connectivity index (χ0n) is 17.8. The van der Waals surface area contributed by atoms with Gasteiger partial charge in [-0.2, -0.15) is 10.2 Å². The molecule has 1 aromatic heterocycles. The van der Waals surface area contributed by atoms with Gasteiger partial charge in [0, 0.05) is 18.1 Å². The quantitative estimate of drug-likeness (QED) is 0.653. The lowest BCUT2D eigenvalue weighted by molar-refractivity contribution is -0.119. The Balaban J connectivity index is 1.68. The Labute approximate surface area is 181 Å². The van der Waals surface area contributed by atoms with Crippen molar-refractivity contribution in [2.75, 3.05) is 0 Å². The molecule has 1 aliphatic carbocycles. The van der Waals surface area contributed by atoms with E-state index in [0.29, 0.717) is 28.6 Å². The van der Waals surface area contributed by atoms with Gasteiger partial charge in [-0.1, -0.05) is 23.4 Å². The Morgan fingerprint density at radius 1 is 1.32 bits per heavy atom. The van der Waals surface area contributed by atoms with Crippen LogP contribution in [-0.4, -0.2) is 22.2 Å². The van der Waals surface area contributed by atoms with Crippen LogP contribution in [0.1, 0.15) is 56.3 Å². The molecular formula is C24H24N4O3. The van der Waals surface area contributed by atoms with Gasteiger partial charge < -0.3 is 14.6 Å². The SMILES string of the molecule is CC(=O)N[C@H]1CCCc2c(-c3noc(-c4ccc(OC(C)C)c(C#N)c4)n3)cccc21. The highest BCUT2D eigenvalue weighted by atomic mass is 16.5. The highest BCUT2D eigenvalue weighted by Crippen LogP contribution is 2.36. The Morgan fingerprint density at radius 3 is 2.90 bits per heavy atom. The number of fused-ring (bicyclic) bond motifs is 1. The molecular weight excluding hydrogens is 392 g/mol. The maximum Gasteiger partial charge on any atom is 0.258 e. The van der Waals surface area contributed by atoms with Crippen molar-refractivity contribution in [1.82, 2.24) is 15.5 Å². The molecule has 0 radical (unpaired) electrons. The summed E-state index contributed by atoms with van der Waals surface area (Å²) < 4.78 is 11.2. The zero-order valence-corrected chi connectivity index (χ0v) is 17.8. The van der Waals surface area contributed by atoms with Crippen LogP contribution < -0.4 is 10.1 Å². The molecule has 0 saturated heterocycles. The van der Waals surface area contributed by atoms with E-state index in [-0.39, 0.29) is 18.1 Å². The summed E-state index contributed by atoms with van der Waals surface area (Å²) in [6.07, 6.45) is 2.75. The van der Waals surface area contributed by atoms with E-state index in [1.54, 1.807) is 12.1 Å². The summed E-state index contributed by atoms with van der Waals surface area (Å²) in [4.78, 5) is 16.2. The van der Waals surface area contributed by atoms with Crippen molar-refractivity contribution >= 4 is 5.91 Å². The fourth-order valence-electron chi connectivity index (χ4n) is 4.01. The number of carbonyl (C=O) groups excluding carboxylic acids is 1. The largest absolute Gasteiger partial charge is 0.490 e. The molecule has 2 aromatic carbocycles. The smallest absolute Gasteiger partial charge is 0.258 e. The van der Waals surface area contributed by atoms with E-state index < -0.39 is 0 Å². The average molecular weight is 416 g/mol. The lowest BCUT2D eigenvalue weighted by Gasteiger charge is -2.27. The number of hydrogen-bond donors (Lipinski definition) is 1. The van der Waals surface area contributed by atoms with Gasteiger partial charge in [0.25, 0.3) is 5.89 Å². The molecule has 1 heterocycles. The van der Waals surface area contributed by atoms with Crippen LogP contribution in [0.3, 0.4) is 0 Å². The summed E-state index contributed by atoms with van der Waals surface area (Å²) in [5.41, 5.74) is 4.22. The number of rotatable bonds is 5. The fourth-order valence-corrected chi connectivity index (χ4v) is 4.01. The number of aromatic nitrogens is 2. The molecule has 7 heteroatoms. The summed E-state index contributed by atoms with van der Waals surface area (Å²) >= 11 is 0. The number of nitrogens with one attached hydrogen (secondary N) is 1. The predicted molar refractivity (Wildman–Crippen MR) is 115 cm³/mol. The van der Waals surface area contributed by atoms with Crippen LogP contribution in [0.2, 0.25) is 0 Å². The molecule has 1 atom stereocenters. The van der Waals surface area contributed by atoms with E-state index in [1.807, 2.05) is 38.1 Å². The summed E-state index contributed by atoms with van der Waals surface area (Å²) in [5, 5.41) is 16.7. The minimum atomic E-state index is -0.0386. The van der Waals surface area contributed by atoms with Gasteiger partial charge in [0.1, 0.15) is 11.8 Å². The van der Waals surface area contributed by atoms with Crippen LogP contribution in [0.5, 0.6) is 5.75 Å². The topological polar surface area (TPSA) is 101 Å². The number of benzene rings is 2. The molecule has 1 N–H and O–H groups in total. The monoisotopic (exact) mass is 416 g/mol. The number of carbonyl (C=O) groups is 1. The molecule has 158 valence electrons. The summed E-state index contributed by atoms with van der Waals surface area (Å²) in [5.74, 6) is 1.33. The van der Waals surface area contributed by atoms with Crippen LogP contribution in [-0.2, 0) is 11.2 Å². The van der Waals surface area contributed by atoms with E-state index in [2.05, 4.69) is 21.5 Å². The maximum atomic E-state index is 11.6. The zero-order chi connectivity index (χ0) is 22.0. The number of hydrogen-bond acceptors (Lipinski definition) is 6. The van der Waals surface area contributed by atoms with Crippen LogP contribution in [0.25, 0.3) is 22.8 Å². The van der Waals surface area contributed by atoms with Crippen molar-refractivity contribution in [2.45, 2.75) is 52.2 Å². The third-order valence-corrected chi connectivity index (χ3v) is 5.26. The van der Waals surface area contributed by atoms with Crippen molar-refractivity contribution < 1.29 is 14.1 Å². The Kier molecular flexibility index (Phi) is 5.72. The van der Waals surface area contributed by atoms with E-state index in [1.165, 1.54) is 6.92 Å². The Bertz CT molecular complexity index is 1160. The second-order valence-corrected chi connectivity index (χ2v) is 7.93. The second-order valence-electron chi connectivity index (χ2n) is 7.93. The minimum absolute atomic E-state index is 0.000685. The summed E-state index contributed by atoms with van der Waals surface area (Å²) in [7, 11) is 0. The molecule has 31 heavy (non-hydrogen) atoms. The number of amides is 1. The first-order chi connectivity index (χ1) is 15.0. The second kappa shape index (κ2) is 8.60. The van der Waals surface area contributed by atoms with Gasteiger partial charge in [-0.15, -0.1) is 0 Å². The lowest BCUT2D eigenvalue weighted by atomic mass is 9.84. The van der Waals surface area contributed by atoms with Gasteiger partial charge in [0.2, 0.25) is 11.7 Å². The van der Waals surface area contributed by atoms with Gasteiger partial charge >= 0.3 is 0 Å². The highest BCUT2D eigenvalue weighted by molar-refractivity contribution is 5.74. The fraction of sp³-hybridized carbons (Fsp3) is 0.333. The number of nitrogens with zero attached hydrogens (tertiary/aromatic N) is 3. The van der Waals surface area contributed by atoms with Gasteiger partial charge in [0.05, 0.1) is 17.7 Å². The van der Waals surface area contributed by atoms with Gasteiger partial charge in [0.15, 0.2) is 0 Å². The first kappa shape index (κ1) is 20.6. The standard InChI is InChI=1S/C24H24N4O3/c1-14(2)30-22-11-10-16(12-17(22)13-25)24-27-23(28-31-24)20-8-4-7-19-18(20)6-5-9-21(19)26-15(3)29/h4,7-8,10-12,14,21H,5-6,9H2,1-3H3,(H,26,29)/t21-/m0/s1. The minimum Gasteiger partial charge on any atom is -0.490 e. The molecule has 0 unspecified atom stereocenters. The molecule has 4 rings (SSSR count). The first-order valence-electron chi connectivity index (χ1n) is 10.4. The van der Waals surface area contributed by atoms with Crippen molar-refractivity contribution in [3.63, 3.8) is 0 Å². The van der Waals surface area contributed by atoms with Crippen molar-refractivity contribution in [3.05, 3.63) is 53.1 Å². The van der Waals surface area contributed by atoms with E-state index in [4.69, 9.17) is 9.26 Å². The van der Waals surface area contributed by atoms with E-state index in [9.17, 15) is 10.1 Å². The van der Waals surface area contributed by atoms with Gasteiger partial charge in [-0.25, -0.2) is 0 Å². The van der Waals surface area contributed by atoms with Crippen LogP contribution in [0, 0.1) is 11.3 Å². The van der Waals surface area contributed by atoms with Gasteiger partial charge in [-0.3, -0.25) is 4.79 Å². The van der Waals surface area contributed by atoms with Crippen LogP contribution in [0.4, 0.5) is 0 Å². The van der Waals surface area contributed by atoms with Crippen molar-refractivity contribution in [3.8, 4) is 34.7 Å². The molecule has 0 aliphatic heterocycles. The highest BCUT2D eigenvalue weighted by Gasteiger charge is 2.25. The summed E-state index contributed by atoms with van der Waals surface area (Å²) in [6, 6.07) is 13.4. The van der Waals surface area contributed by atoms with Crippen molar-refractivity contribution in [1.29, 1.82) is 5.26 Å². The third-order valence-electron chi connectivity index (χ3n) is 5.26. The van der Waals surface area contributed by atoms with Crippen LogP contribution in [0.15, 0.2) is 40.9 Å². The number of nitriles is 1. The van der Waals surface area contributed by atoms with Crippen LogP contribution >= 0.6 is 0 Å². The molecule has 1 aliphatic rings. The van der Waals surface area contributed by atoms with Gasteiger partial charge in [-0.05, 0) is 62.4 Å². The predicted octanol–water partition coefficient (Wildman–Crippen LogP) is 4.58. The Hall–Kier alpha value is -3.66. The van der Waals surface area contributed by atoms with E-state index in [0.717, 1.165) is 36.0 Å². The molecule has 7 nitrogen and oxygen atoms in total. The normalized spacial score (nSPS) is 15.3. The average Bonchev–Trinajstić information content (AvgIpc) is 3.23. The lowest BCUT2D eigenvalue weighted by Crippen LogP contribution is -2.29. The molecule has 0 fully saturated rings. The maximum absolute atomic E-state index is 11.6. The molecule has 0 spiro atoms. The molecule has 3 aromatic rings. The molecule has 1 amide bonds. The summed E-state index contributed by atoms with van der Waals surface area (Å²) in [6.45, 7) is 5.36. The van der Waals surface area contributed by atoms with Crippen molar-refractivity contribution in [2.24, 2.45) is 0 Å². The Morgan fingerprint density at radius 2 is 2.16 bits per heavy atom. The third kappa shape index (κ3) is 4.29. The number of ether oxygens (including phenoxy) is 1. The van der Waals surface area contributed by atoms with E-state index >= 15 is 0 Å². The molecule has 0 saturated carbocycles. The first-order valence-corrected chi connectivity index (χ1v) is 10.4.